The van der Waals surface area contributed by atoms with Gasteiger partial charge in [-0.25, -0.2) is 4.98 Å². The van der Waals surface area contributed by atoms with Gasteiger partial charge in [-0.05, 0) is 56.5 Å². The maximum atomic E-state index is 12.2. The average Bonchev–Trinajstić information content (AvgIpc) is 2.96. The Bertz CT molecular complexity index is 804. The molecule has 156 valence electrons. The second-order valence-electron chi connectivity index (χ2n) is 6.92. The molecule has 2 heterocycles. The van der Waals surface area contributed by atoms with E-state index in [9.17, 15) is 9.59 Å². The highest BCUT2D eigenvalue weighted by atomic mass is 79.9. The number of rotatable bonds is 7. The van der Waals surface area contributed by atoms with Gasteiger partial charge in [0.25, 0.3) is 5.91 Å². The quantitative estimate of drug-likeness (QED) is 0.522. The topological polar surface area (TPSA) is 96.3 Å². The molecule has 7 nitrogen and oxygen atoms in total. The standard InChI is InChI=1S/C19H26N4O3.2BrH/c1-23-16-12-14(19(26)21-11-8-18(24)25)3-4-15(16)22-17(23)5-2-13-6-9-20-10-7-13;;/h3-4,12-13,20H,2,5-11H2,1H3,(H,21,26)(H,24,25);2*1H. The van der Waals surface area contributed by atoms with Crippen LogP contribution in [0.3, 0.4) is 0 Å². The van der Waals surface area contributed by atoms with E-state index in [-0.39, 0.29) is 52.8 Å². The summed E-state index contributed by atoms with van der Waals surface area (Å²) in [5.41, 5.74) is 2.34. The number of carboxylic acid groups (broad SMARTS) is 1. The zero-order valence-corrected chi connectivity index (χ0v) is 19.4. The van der Waals surface area contributed by atoms with E-state index in [1.807, 2.05) is 19.2 Å². The molecule has 1 aromatic heterocycles. The molecular formula is C19H28Br2N4O3. The second-order valence-corrected chi connectivity index (χ2v) is 6.92. The minimum atomic E-state index is -0.925. The fraction of sp³-hybridized carbons (Fsp3) is 0.526. The number of carbonyl (C=O) groups is 2. The number of benzene rings is 1. The normalized spacial score (nSPS) is 14.2. The summed E-state index contributed by atoms with van der Waals surface area (Å²) < 4.78 is 2.06. The molecule has 1 amide bonds. The number of amides is 1. The summed E-state index contributed by atoms with van der Waals surface area (Å²) in [6.45, 7) is 2.33. The molecule has 0 spiro atoms. The van der Waals surface area contributed by atoms with E-state index in [0.29, 0.717) is 5.56 Å². The molecule has 3 N–H and O–H groups in total. The SMILES string of the molecule is Br.Br.Cn1c(CCC2CCNCC2)nc2ccc(C(=O)NCCC(=O)O)cc21. The van der Waals surface area contributed by atoms with Gasteiger partial charge in [0.2, 0.25) is 0 Å². The van der Waals surface area contributed by atoms with Gasteiger partial charge in [0, 0.05) is 25.6 Å². The number of hydrogen-bond acceptors (Lipinski definition) is 4. The Balaban J connectivity index is 0.00000196. The van der Waals surface area contributed by atoms with Gasteiger partial charge >= 0.3 is 5.97 Å². The van der Waals surface area contributed by atoms with E-state index in [4.69, 9.17) is 10.1 Å². The Hall–Kier alpha value is -1.45. The van der Waals surface area contributed by atoms with Gasteiger partial charge in [-0.2, -0.15) is 0 Å². The van der Waals surface area contributed by atoms with Crippen molar-refractivity contribution in [2.24, 2.45) is 13.0 Å². The van der Waals surface area contributed by atoms with Crippen molar-refractivity contribution < 1.29 is 14.7 Å². The monoisotopic (exact) mass is 518 g/mol. The van der Waals surface area contributed by atoms with Crippen molar-refractivity contribution in [2.45, 2.75) is 32.1 Å². The van der Waals surface area contributed by atoms with Crippen LogP contribution in [-0.2, 0) is 18.3 Å². The van der Waals surface area contributed by atoms with Gasteiger partial charge in [-0.1, -0.05) is 0 Å². The highest BCUT2D eigenvalue weighted by molar-refractivity contribution is 8.93. The number of nitrogens with one attached hydrogen (secondary N) is 2. The largest absolute Gasteiger partial charge is 0.481 e. The Morgan fingerprint density at radius 2 is 2.00 bits per heavy atom. The molecule has 9 heteroatoms. The number of hydrogen-bond donors (Lipinski definition) is 3. The van der Waals surface area contributed by atoms with E-state index >= 15 is 0 Å². The van der Waals surface area contributed by atoms with E-state index in [1.165, 1.54) is 12.8 Å². The van der Waals surface area contributed by atoms with Crippen LogP contribution in [0.5, 0.6) is 0 Å². The zero-order chi connectivity index (χ0) is 18.5. The lowest BCUT2D eigenvalue weighted by Crippen LogP contribution is -2.28. The number of imidazole rings is 1. The number of carboxylic acids is 1. The minimum absolute atomic E-state index is 0. The number of nitrogens with zero attached hydrogens (tertiary/aromatic N) is 2. The fourth-order valence-electron chi connectivity index (χ4n) is 3.49. The Kier molecular flexibility index (Phi) is 10.1. The molecule has 28 heavy (non-hydrogen) atoms. The lowest BCUT2D eigenvalue weighted by Gasteiger charge is -2.22. The number of fused-ring (bicyclic) bond motifs is 1. The van der Waals surface area contributed by atoms with Crippen LogP contribution in [-0.4, -0.2) is 46.2 Å². The van der Waals surface area contributed by atoms with Crippen molar-refractivity contribution in [1.29, 1.82) is 0 Å². The fourth-order valence-corrected chi connectivity index (χ4v) is 3.49. The van der Waals surface area contributed by atoms with Crippen LogP contribution < -0.4 is 10.6 Å². The van der Waals surface area contributed by atoms with Crippen molar-refractivity contribution in [1.82, 2.24) is 20.2 Å². The summed E-state index contributed by atoms with van der Waals surface area (Å²) in [6, 6.07) is 5.42. The Morgan fingerprint density at radius 1 is 1.29 bits per heavy atom. The molecule has 2 aromatic rings. The van der Waals surface area contributed by atoms with Crippen LogP contribution in [0.25, 0.3) is 11.0 Å². The minimum Gasteiger partial charge on any atom is -0.481 e. The lowest BCUT2D eigenvalue weighted by molar-refractivity contribution is -0.136. The molecule has 1 aliphatic rings. The number of halogens is 2. The van der Waals surface area contributed by atoms with Gasteiger partial charge in [-0.3, -0.25) is 9.59 Å². The summed E-state index contributed by atoms with van der Waals surface area (Å²) in [4.78, 5) is 27.4. The predicted octanol–water partition coefficient (Wildman–Crippen LogP) is 2.87. The lowest BCUT2D eigenvalue weighted by atomic mass is 9.93. The zero-order valence-electron chi connectivity index (χ0n) is 15.9. The molecule has 0 aliphatic carbocycles. The Labute approximate surface area is 185 Å². The van der Waals surface area contributed by atoms with Crippen molar-refractivity contribution in [2.75, 3.05) is 19.6 Å². The van der Waals surface area contributed by atoms with Crippen LogP contribution in [0.15, 0.2) is 18.2 Å². The van der Waals surface area contributed by atoms with Gasteiger partial charge in [0.15, 0.2) is 0 Å². The molecule has 1 fully saturated rings. The summed E-state index contributed by atoms with van der Waals surface area (Å²) in [7, 11) is 1.99. The number of aryl methyl sites for hydroxylation is 2. The van der Waals surface area contributed by atoms with Crippen molar-refractivity contribution in [3.63, 3.8) is 0 Å². The predicted molar refractivity (Wildman–Crippen MR) is 120 cm³/mol. The van der Waals surface area contributed by atoms with Gasteiger partial charge < -0.3 is 20.3 Å². The first-order valence-electron chi connectivity index (χ1n) is 9.20. The molecule has 0 saturated carbocycles. The third-order valence-corrected chi connectivity index (χ3v) is 5.09. The van der Waals surface area contributed by atoms with Crippen molar-refractivity contribution in [3.05, 3.63) is 29.6 Å². The van der Waals surface area contributed by atoms with Gasteiger partial charge in [-0.15, -0.1) is 34.0 Å². The third-order valence-electron chi connectivity index (χ3n) is 5.09. The van der Waals surface area contributed by atoms with E-state index in [1.54, 1.807) is 6.07 Å². The first-order chi connectivity index (χ1) is 12.5. The number of carbonyl (C=O) groups excluding carboxylic acids is 1. The summed E-state index contributed by atoms with van der Waals surface area (Å²) in [5.74, 6) is 0.616. The van der Waals surface area contributed by atoms with Crippen LogP contribution >= 0.6 is 34.0 Å². The van der Waals surface area contributed by atoms with Crippen LogP contribution in [0.1, 0.15) is 41.9 Å². The molecule has 0 unspecified atom stereocenters. The van der Waals surface area contributed by atoms with Gasteiger partial charge in [0.05, 0.1) is 17.5 Å². The maximum absolute atomic E-state index is 12.2. The summed E-state index contributed by atoms with van der Waals surface area (Å²) in [5, 5.41) is 14.7. The van der Waals surface area contributed by atoms with Crippen LogP contribution in [0.4, 0.5) is 0 Å². The molecule has 0 radical (unpaired) electrons. The molecular weight excluding hydrogens is 492 g/mol. The number of aliphatic carboxylic acids is 1. The highest BCUT2D eigenvalue weighted by Crippen LogP contribution is 2.22. The van der Waals surface area contributed by atoms with Crippen molar-refractivity contribution >= 4 is 56.9 Å². The maximum Gasteiger partial charge on any atom is 0.305 e. The number of aromatic nitrogens is 2. The summed E-state index contributed by atoms with van der Waals surface area (Å²) in [6.07, 6.45) is 4.45. The third kappa shape index (κ3) is 6.28. The molecule has 3 rings (SSSR count). The van der Waals surface area contributed by atoms with Crippen LogP contribution in [0.2, 0.25) is 0 Å². The molecule has 0 atom stereocenters. The van der Waals surface area contributed by atoms with Crippen molar-refractivity contribution in [3.8, 4) is 0 Å². The highest BCUT2D eigenvalue weighted by Gasteiger charge is 2.16. The Morgan fingerprint density at radius 3 is 2.68 bits per heavy atom. The second kappa shape index (κ2) is 11.5. The number of piperidine rings is 1. The molecule has 1 aromatic carbocycles. The first kappa shape index (κ1) is 24.6. The van der Waals surface area contributed by atoms with E-state index < -0.39 is 5.97 Å². The molecule has 1 aliphatic heterocycles. The first-order valence-corrected chi connectivity index (χ1v) is 9.20. The van der Waals surface area contributed by atoms with E-state index in [0.717, 1.165) is 48.7 Å². The smallest absolute Gasteiger partial charge is 0.305 e. The summed E-state index contributed by atoms with van der Waals surface area (Å²) >= 11 is 0. The van der Waals surface area contributed by atoms with Crippen LogP contribution in [0, 0.1) is 5.92 Å². The molecule has 1 saturated heterocycles. The average molecular weight is 520 g/mol. The van der Waals surface area contributed by atoms with Gasteiger partial charge in [0.1, 0.15) is 5.82 Å². The molecule has 0 bridgehead atoms. The van der Waals surface area contributed by atoms with E-state index in [2.05, 4.69) is 15.2 Å².